The molecule has 1 aliphatic carbocycles. The minimum atomic E-state index is 0.696. The quantitative estimate of drug-likeness (QED) is 0.459. The molecule has 0 radical (unpaired) electrons. The predicted molar refractivity (Wildman–Crippen MR) is 46.4 cm³/mol. The van der Waals surface area contributed by atoms with E-state index in [1.54, 1.807) is 0 Å². The average molecular weight is 237 g/mol. The van der Waals surface area contributed by atoms with Crippen LogP contribution in [-0.4, -0.2) is 16.2 Å². The van der Waals surface area contributed by atoms with Crippen molar-refractivity contribution < 1.29 is 0 Å². The van der Waals surface area contributed by atoms with Crippen LogP contribution < -0.4 is 0 Å². The van der Waals surface area contributed by atoms with Gasteiger partial charge < -0.3 is 0 Å². The molecule has 1 saturated carbocycles. The monoisotopic (exact) mass is 237 g/mol. The van der Waals surface area contributed by atoms with E-state index in [4.69, 9.17) is 0 Å². The van der Waals surface area contributed by atoms with Crippen LogP contribution >= 0.6 is 22.9 Å². The largest absolute Gasteiger partial charge is 0.247 e. The molecule has 1 heterocycles. The van der Waals surface area contributed by atoms with E-state index < -0.39 is 0 Å². The first-order valence-corrected chi connectivity index (χ1v) is 4.49. The Balaban J connectivity index is 2.06. The maximum absolute atomic E-state index is 2.43. The maximum atomic E-state index is 2.43. The molecule has 1 aliphatic heterocycles. The van der Waals surface area contributed by atoms with Crippen molar-refractivity contribution in [1.82, 2.24) is 3.11 Å². The van der Waals surface area contributed by atoms with E-state index in [0.717, 1.165) is 11.8 Å². The zero-order chi connectivity index (χ0) is 6.65. The second kappa shape index (κ2) is 1.64. The lowest BCUT2D eigenvalue weighted by Crippen LogP contribution is -2.15. The van der Waals surface area contributed by atoms with Crippen molar-refractivity contribution in [2.45, 2.75) is 13.8 Å². The molecule has 2 unspecified atom stereocenters. The fourth-order valence-electron chi connectivity index (χ4n) is 2.08. The third-order valence-corrected chi connectivity index (χ3v) is 3.87. The fraction of sp³-hybridized carbons (Fsp3) is 1.00. The second-order valence-corrected chi connectivity index (χ2v) is 5.23. The van der Waals surface area contributed by atoms with Crippen LogP contribution in [0.1, 0.15) is 13.8 Å². The van der Waals surface area contributed by atoms with Gasteiger partial charge in [0, 0.05) is 36.0 Å². The number of nitrogens with zero attached hydrogens (tertiary/aromatic N) is 1. The third kappa shape index (κ3) is 0.755. The molecule has 52 valence electrons. The summed E-state index contributed by atoms with van der Waals surface area (Å²) in [5.41, 5.74) is 0.696. The Bertz CT molecular complexity index is 130. The van der Waals surface area contributed by atoms with Crippen molar-refractivity contribution in [3.63, 3.8) is 0 Å². The molecule has 9 heavy (non-hydrogen) atoms. The Morgan fingerprint density at radius 3 is 2.11 bits per heavy atom. The summed E-state index contributed by atoms with van der Waals surface area (Å²) in [6, 6.07) is 0. The van der Waals surface area contributed by atoms with Crippen LogP contribution in [0.25, 0.3) is 0 Å². The van der Waals surface area contributed by atoms with Crippen LogP contribution in [-0.2, 0) is 0 Å². The normalized spacial score (nSPS) is 47.0. The highest BCUT2D eigenvalue weighted by atomic mass is 127. The summed E-state index contributed by atoms with van der Waals surface area (Å²) < 4.78 is 2.42. The van der Waals surface area contributed by atoms with Gasteiger partial charge in [0.2, 0.25) is 0 Å². The molecular formula is C7H12IN. The topological polar surface area (TPSA) is 3.24 Å². The summed E-state index contributed by atoms with van der Waals surface area (Å²) >= 11 is 2.43. The Morgan fingerprint density at radius 1 is 1.33 bits per heavy atom. The Morgan fingerprint density at radius 2 is 1.78 bits per heavy atom. The molecule has 0 N–H and O–H groups in total. The van der Waals surface area contributed by atoms with Crippen molar-refractivity contribution in [2.75, 3.05) is 13.1 Å². The Labute approximate surface area is 70.3 Å². The smallest absolute Gasteiger partial charge is 0.0201 e. The van der Waals surface area contributed by atoms with Gasteiger partial charge in [-0.05, 0) is 17.3 Å². The molecule has 2 rings (SSSR count). The van der Waals surface area contributed by atoms with Crippen LogP contribution in [0.3, 0.4) is 0 Å². The molecular weight excluding hydrogens is 225 g/mol. The lowest BCUT2D eigenvalue weighted by Gasteiger charge is -2.13. The molecule has 1 nitrogen and oxygen atoms in total. The van der Waals surface area contributed by atoms with Gasteiger partial charge in [0.15, 0.2) is 0 Å². The van der Waals surface area contributed by atoms with E-state index in [1.165, 1.54) is 13.1 Å². The summed E-state index contributed by atoms with van der Waals surface area (Å²) in [5.74, 6) is 2.05. The van der Waals surface area contributed by atoms with Crippen LogP contribution in [0.5, 0.6) is 0 Å². The van der Waals surface area contributed by atoms with Gasteiger partial charge in [-0.3, -0.25) is 0 Å². The van der Waals surface area contributed by atoms with Gasteiger partial charge in [-0.2, -0.15) is 0 Å². The van der Waals surface area contributed by atoms with Crippen molar-refractivity contribution in [3.8, 4) is 0 Å². The highest BCUT2D eigenvalue weighted by Crippen LogP contribution is 2.62. The van der Waals surface area contributed by atoms with E-state index in [1.807, 2.05) is 0 Å². The molecule has 0 aromatic carbocycles. The van der Waals surface area contributed by atoms with E-state index >= 15 is 0 Å². The number of hydrogen-bond donors (Lipinski definition) is 0. The Kier molecular flexibility index (Phi) is 1.17. The molecule has 0 spiro atoms. The molecule has 2 atom stereocenters. The summed E-state index contributed by atoms with van der Waals surface area (Å²) in [6.07, 6.45) is 0. The number of fused-ring (bicyclic) bond motifs is 1. The first kappa shape index (κ1) is 6.40. The summed E-state index contributed by atoms with van der Waals surface area (Å²) in [7, 11) is 0. The molecule has 1 saturated heterocycles. The minimum absolute atomic E-state index is 0.696. The van der Waals surface area contributed by atoms with Crippen LogP contribution in [0.15, 0.2) is 0 Å². The lowest BCUT2D eigenvalue weighted by molar-refractivity contribution is 0.411. The summed E-state index contributed by atoms with van der Waals surface area (Å²) in [5, 5.41) is 0. The molecule has 2 fully saturated rings. The van der Waals surface area contributed by atoms with E-state index in [0.29, 0.717) is 5.41 Å². The average Bonchev–Trinajstić information content (AvgIpc) is 2.27. The minimum Gasteiger partial charge on any atom is -0.247 e. The van der Waals surface area contributed by atoms with Gasteiger partial charge in [-0.15, -0.1) is 0 Å². The van der Waals surface area contributed by atoms with Crippen LogP contribution in [0.4, 0.5) is 0 Å². The van der Waals surface area contributed by atoms with Crippen molar-refractivity contribution >= 4 is 22.9 Å². The molecule has 2 heteroatoms. The molecule has 0 aromatic rings. The van der Waals surface area contributed by atoms with Crippen molar-refractivity contribution in [1.29, 1.82) is 0 Å². The van der Waals surface area contributed by atoms with Gasteiger partial charge >= 0.3 is 0 Å². The van der Waals surface area contributed by atoms with Crippen LogP contribution in [0.2, 0.25) is 0 Å². The zero-order valence-corrected chi connectivity index (χ0v) is 8.05. The maximum Gasteiger partial charge on any atom is 0.0201 e. The van der Waals surface area contributed by atoms with Gasteiger partial charge in [0.25, 0.3) is 0 Å². The number of halogens is 1. The molecule has 0 aromatic heterocycles. The van der Waals surface area contributed by atoms with E-state index in [9.17, 15) is 0 Å². The van der Waals surface area contributed by atoms with Gasteiger partial charge in [-0.25, -0.2) is 3.11 Å². The molecule has 0 amide bonds. The standard InChI is InChI=1S/C7H12IN/c1-7(2)5-3-9(8)4-6(5)7/h5-6H,3-4H2,1-2H3. The summed E-state index contributed by atoms with van der Waals surface area (Å²) in [6.45, 7) is 7.45. The first-order chi connectivity index (χ1) is 4.12. The SMILES string of the molecule is CC1(C)C2CN(I)CC21. The van der Waals surface area contributed by atoms with Gasteiger partial charge in [-0.1, -0.05) is 13.8 Å². The van der Waals surface area contributed by atoms with E-state index in [2.05, 4.69) is 39.8 Å². The first-order valence-electron chi connectivity index (χ1n) is 3.53. The highest BCUT2D eigenvalue weighted by Gasteiger charge is 2.61. The predicted octanol–water partition coefficient (Wildman–Crippen LogP) is 1.92. The zero-order valence-electron chi connectivity index (χ0n) is 5.89. The fourth-order valence-corrected chi connectivity index (χ4v) is 2.93. The van der Waals surface area contributed by atoms with E-state index in [-0.39, 0.29) is 0 Å². The number of rotatable bonds is 0. The van der Waals surface area contributed by atoms with Gasteiger partial charge in [0.1, 0.15) is 0 Å². The Hall–Kier alpha value is 0.690. The van der Waals surface area contributed by atoms with Crippen molar-refractivity contribution in [2.24, 2.45) is 17.3 Å². The number of hydrogen-bond acceptors (Lipinski definition) is 1. The van der Waals surface area contributed by atoms with Crippen LogP contribution in [0, 0.1) is 17.3 Å². The lowest BCUT2D eigenvalue weighted by atomic mass is 10.1. The van der Waals surface area contributed by atoms with Gasteiger partial charge in [0.05, 0.1) is 0 Å². The molecule has 2 aliphatic rings. The number of piperidine rings is 1. The second-order valence-electron chi connectivity index (χ2n) is 3.86. The summed E-state index contributed by atoms with van der Waals surface area (Å²) in [4.78, 5) is 0. The van der Waals surface area contributed by atoms with Crippen molar-refractivity contribution in [3.05, 3.63) is 0 Å². The molecule has 0 bridgehead atoms. The highest BCUT2D eigenvalue weighted by molar-refractivity contribution is 14.1. The third-order valence-electron chi connectivity index (χ3n) is 3.08.